The van der Waals surface area contributed by atoms with Crippen LogP contribution in [-0.2, 0) is 0 Å². The Bertz CT molecular complexity index is 509. The van der Waals surface area contributed by atoms with Crippen molar-refractivity contribution >= 4 is 17.7 Å². The maximum absolute atomic E-state index is 8.52. The Hall–Kier alpha value is -2.12. The largest absolute Gasteiger partial charge is 0.384 e. The summed E-state index contributed by atoms with van der Waals surface area (Å²) in [5.41, 5.74) is 2.06. The fourth-order valence-corrected chi connectivity index (χ4v) is 1.49. The van der Waals surface area contributed by atoms with Crippen molar-refractivity contribution in [1.82, 2.24) is 0 Å². The Balaban J connectivity index is 2.12. The average Bonchev–Trinajstić information content (AvgIpc) is 2.56. The quantitative estimate of drug-likeness (QED) is 0.701. The molecule has 2 N–H and O–H groups in total. The second kappa shape index (κ2) is 5.83. The third kappa shape index (κ3) is 3.16. The van der Waals surface area contributed by atoms with Crippen LogP contribution in [0.4, 0.5) is 5.69 Å². The molecule has 0 bridgehead atoms. The zero-order chi connectivity index (χ0) is 11.9. The lowest BCUT2D eigenvalue weighted by Gasteiger charge is -2.06. The Morgan fingerprint density at radius 3 is 3.12 bits per heavy atom. The van der Waals surface area contributed by atoms with Gasteiger partial charge in [0.05, 0.1) is 6.54 Å². The highest BCUT2D eigenvalue weighted by Crippen LogP contribution is 2.14. The van der Waals surface area contributed by atoms with Crippen molar-refractivity contribution in [2.45, 2.75) is 0 Å². The fourth-order valence-electron chi connectivity index (χ4n) is 1.49. The van der Waals surface area contributed by atoms with Crippen LogP contribution >= 0.6 is 0 Å². The number of aliphatic hydroxyl groups is 1. The number of amidine groups is 1. The van der Waals surface area contributed by atoms with E-state index in [2.05, 4.69) is 27.1 Å². The molecule has 1 aliphatic rings. The molecule has 0 radical (unpaired) electrons. The highest BCUT2D eigenvalue weighted by molar-refractivity contribution is 6.04. The Kier molecular flexibility index (Phi) is 3.90. The lowest BCUT2D eigenvalue weighted by Crippen LogP contribution is -2.15. The second-order valence-electron chi connectivity index (χ2n) is 3.46. The van der Waals surface area contributed by atoms with Gasteiger partial charge in [0.25, 0.3) is 0 Å². The normalized spacial score (nSPS) is 15.5. The molecule has 0 saturated carbocycles. The minimum absolute atomic E-state index is 0.126. The highest BCUT2D eigenvalue weighted by Gasteiger charge is 2.06. The third-order valence-corrected chi connectivity index (χ3v) is 2.26. The van der Waals surface area contributed by atoms with Gasteiger partial charge in [0.1, 0.15) is 19.0 Å². The van der Waals surface area contributed by atoms with Crippen LogP contribution in [0.15, 0.2) is 34.3 Å². The Labute approximate surface area is 100 Å². The van der Waals surface area contributed by atoms with Crippen molar-refractivity contribution in [2.24, 2.45) is 9.98 Å². The molecule has 0 spiro atoms. The zero-order valence-corrected chi connectivity index (χ0v) is 9.35. The predicted octanol–water partition coefficient (Wildman–Crippen LogP) is 0.925. The molecule has 0 atom stereocenters. The van der Waals surface area contributed by atoms with Crippen molar-refractivity contribution in [1.29, 1.82) is 0 Å². The zero-order valence-electron chi connectivity index (χ0n) is 9.35. The van der Waals surface area contributed by atoms with Crippen LogP contribution < -0.4 is 5.32 Å². The minimum atomic E-state index is -0.126. The van der Waals surface area contributed by atoms with Crippen LogP contribution in [0.2, 0.25) is 0 Å². The molecular formula is C13H13N3O. The van der Waals surface area contributed by atoms with Crippen molar-refractivity contribution in [3.8, 4) is 11.8 Å². The average molecular weight is 227 g/mol. The van der Waals surface area contributed by atoms with Gasteiger partial charge in [-0.05, 0) is 6.07 Å². The maximum atomic E-state index is 8.52. The molecule has 2 rings (SSSR count). The highest BCUT2D eigenvalue weighted by atomic mass is 16.2. The maximum Gasteiger partial charge on any atom is 0.124 e. The predicted molar refractivity (Wildman–Crippen MR) is 69.7 cm³/mol. The van der Waals surface area contributed by atoms with Gasteiger partial charge in [0.15, 0.2) is 0 Å². The molecule has 1 aliphatic heterocycles. The van der Waals surface area contributed by atoms with Gasteiger partial charge in [-0.1, -0.05) is 30.0 Å². The molecular weight excluding hydrogens is 214 g/mol. The van der Waals surface area contributed by atoms with Crippen LogP contribution in [0.5, 0.6) is 0 Å². The first-order valence-corrected chi connectivity index (χ1v) is 5.36. The van der Waals surface area contributed by atoms with Gasteiger partial charge in [0.2, 0.25) is 0 Å². The third-order valence-electron chi connectivity index (χ3n) is 2.26. The molecule has 4 heteroatoms. The number of rotatable bonds is 1. The Morgan fingerprint density at radius 1 is 1.35 bits per heavy atom. The number of para-hydroxylation sites is 1. The SMILES string of the molecule is OCC#CCN=C1CN=Cc2ccccc2N1. The molecule has 0 saturated heterocycles. The van der Waals surface area contributed by atoms with Gasteiger partial charge in [-0.25, -0.2) is 0 Å². The van der Waals surface area contributed by atoms with E-state index in [0.29, 0.717) is 13.1 Å². The lowest BCUT2D eigenvalue weighted by atomic mass is 10.2. The van der Waals surface area contributed by atoms with E-state index in [-0.39, 0.29) is 6.61 Å². The summed E-state index contributed by atoms with van der Waals surface area (Å²) in [6.45, 7) is 0.773. The van der Waals surface area contributed by atoms with Gasteiger partial charge in [-0.3, -0.25) is 9.98 Å². The first-order valence-electron chi connectivity index (χ1n) is 5.36. The first-order chi connectivity index (χ1) is 8.40. The molecule has 1 aromatic rings. The van der Waals surface area contributed by atoms with Crippen molar-refractivity contribution in [3.05, 3.63) is 29.8 Å². The molecule has 0 fully saturated rings. The van der Waals surface area contributed by atoms with Gasteiger partial charge in [-0.15, -0.1) is 0 Å². The van der Waals surface area contributed by atoms with Crippen LogP contribution in [0, 0.1) is 11.8 Å². The first kappa shape index (κ1) is 11.4. The van der Waals surface area contributed by atoms with E-state index in [1.165, 1.54) is 0 Å². The number of benzodiazepines with no additional fused rings is 1. The van der Waals surface area contributed by atoms with Crippen LogP contribution in [-0.4, -0.2) is 36.9 Å². The monoisotopic (exact) mass is 227 g/mol. The van der Waals surface area contributed by atoms with Crippen LogP contribution in [0.1, 0.15) is 5.56 Å². The molecule has 1 heterocycles. The number of hydrogen-bond acceptors (Lipinski definition) is 3. The van der Waals surface area contributed by atoms with Crippen LogP contribution in [0.3, 0.4) is 0 Å². The van der Waals surface area contributed by atoms with Gasteiger partial charge < -0.3 is 10.4 Å². The summed E-state index contributed by atoms with van der Waals surface area (Å²) in [6, 6.07) is 7.93. The van der Waals surface area contributed by atoms with Crippen molar-refractivity contribution in [3.63, 3.8) is 0 Å². The molecule has 0 amide bonds. The van der Waals surface area contributed by atoms with Crippen LogP contribution in [0.25, 0.3) is 0 Å². The van der Waals surface area contributed by atoms with Crippen molar-refractivity contribution in [2.75, 3.05) is 25.0 Å². The summed E-state index contributed by atoms with van der Waals surface area (Å²) in [7, 11) is 0. The smallest absolute Gasteiger partial charge is 0.124 e. The van der Waals surface area contributed by atoms with E-state index < -0.39 is 0 Å². The number of anilines is 1. The molecule has 0 aromatic heterocycles. The fraction of sp³-hybridized carbons (Fsp3) is 0.231. The van der Waals surface area contributed by atoms with E-state index in [0.717, 1.165) is 17.1 Å². The molecule has 0 aliphatic carbocycles. The summed E-state index contributed by atoms with van der Waals surface area (Å²) in [6.07, 6.45) is 1.84. The number of aliphatic hydroxyl groups excluding tert-OH is 1. The number of benzene rings is 1. The van der Waals surface area contributed by atoms with Gasteiger partial charge >= 0.3 is 0 Å². The summed E-state index contributed by atoms with van der Waals surface area (Å²) in [5.74, 6) is 6.09. The molecule has 17 heavy (non-hydrogen) atoms. The van der Waals surface area contributed by atoms with Gasteiger partial charge in [-0.2, -0.15) is 0 Å². The number of nitrogens with one attached hydrogen (secondary N) is 1. The molecule has 1 aromatic carbocycles. The molecule has 0 unspecified atom stereocenters. The second-order valence-corrected chi connectivity index (χ2v) is 3.46. The van der Waals surface area contributed by atoms with Crippen molar-refractivity contribution < 1.29 is 5.11 Å². The summed E-state index contributed by atoms with van der Waals surface area (Å²) in [5, 5.41) is 11.7. The Morgan fingerprint density at radius 2 is 2.24 bits per heavy atom. The van der Waals surface area contributed by atoms with Gasteiger partial charge in [0, 0.05) is 17.5 Å². The standard InChI is InChI=1S/C13H13N3O/c17-8-4-3-7-15-13-10-14-9-11-5-1-2-6-12(11)16-13/h1-2,5-6,9,17H,7-8,10H2,(H,15,16). The van der Waals surface area contributed by atoms with E-state index in [9.17, 15) is 0 Å². The minimum Gasteiger partial charge on any atom is -0.384 e. The molecule has 4 nitrogen and oxygen atoms in total. The topological polar surface area (TPSA) is 57.0 Å². The van der Waals surface area contributed by atoms with E-state index >= 15 is 0 Å². The van der Waals surface area contributed by atoms with E-state index in [1.54, 1.807) is 0 Å². The lowest BCUT2D eigenvalue weighted by molar-refractivity contribution is 0.350. The summed E-state index contributed by atoms with van der Waals surface area (Å²) >= 11 is 0. The van der Waals surface area contributed by atoms with E-state index in [4.69, 9.17) is 5.11 Å². The molecule has 86 valence electrons. The summed E-state index contributed by atoms with van der Waals surface area (Å²) in [4.78, 5) is 8.56. The number of aliphatic imine (C=N–C) groups is 2. The summed E-state index contributed by atoms with van der Waals surface area (Å²) < 4.78 is 0. The van der Waals surface area contributed by atoms with E-state index in [1.807, 2.05) is 30.5 Å². The number of nitrogens with zero attached hydrogens (tertiary/aromatic N) is 2. The number of hydrogen-bond donors (Lipinski definition) is 2. The number of fused-ring (bicyclic) bond motifs is 1.